The molecule has 0 atom stereocenters. The molecule has 1 heterocycles. The van der Waals surface area contributed by atoms with Crippen LogP contribution in [0.2, 0.25) is 0 Å². The summed E-state index contributed by atoms with van der Waals surface area (Å²) in [6.45, 7) is 2.48. The van der Waals surface area contributed by atoms with Crippen molar-refractivity contribution >= 4 is 33.2 Å². The molecule has 2 N–H and O–H groups in total. The highest BCUT2D eigenvalue weighted by molar-refractivity contribution is 7.89. The first-order valence-electron chi connectivity index (χ1n) is 9.26. The number of ether oxygens (including phenoxy) is 2. The Morgan fingerprint density at radius 3 is 2.33 bits per heavy atom. The zero-order valence-electron chi connectivity index (χ0n) is 16.7. The quantitative estimate of drug-likeness (QED) is 0.720. The van der Waals surface area contributed by atoms with Crippen LogP contribution in [0.25, 0.3) is 0 Å². The maximum atomic E-state index is 13.1. The molecule has 1 saturated heterocycles. The van der Waals surface area contributed by atoms with Crippen LogP contribution in [0.4, 0.5) is 11.4 Å². The average Bonchev–Trinajstić information content (AvgIpc) is 2.73. The van der Waals surface area contributed by atoms with Crippen LogP contribution < -0.4 is 15.4 Å². The number of rotatable bonds is 6. The maximum Gasteiger partial charge on any atom is 0.255 e. The van der Waals surface area contributed by atoms with Gasteiger partial charge in [-0.3, -0.25) is 9.59 Å². The highest BCUT2D eigenvalue weighted by Gasteiger charge is 2.30. The van der Waals surface area contributed by atoms with Gasteiger partial charge in [0.25, 0.3) is 5.91 Å². The number of amides is 2. The fourth-order valence-corrected chi connectivity index (χ4v) is 4.62. The van der Waals surface area contributed by atoms with Crippen molar-refractivity contribution in [2.75, 3.05) is 44.0 Å². The van der Waals surface area contributed by atoms with Gasteiger partial charge in [-0.05, 0) is 36.4 Å². The van der Waals surface area contributed by atoms with Gasteiger partial charge >= 0.3 is 0 Å². The molecule has 30 heavy (non-hydrogen) atoms. The van der Waals surface area contributed by atoms with E-state index in [0.29, 0.717) is 24.6 Å². The first-order chi connectivity index (χ1) is 14.3. The second-order valence-corrected chi connectivity index (χ2v) is 8.50. The van der Waals surface area contributed by atoms with Crippen LogP contribution in [0.1, 0.15) is 17.3 Å². The molecule has 10 heteroatoms. The lowest BCUT2D eigenvalue weighted by Crippen LogP contribution is -2.40. The van der Waals surface area contributed by atoms with Gasteiger partial charge in [-0.15, -0.1) is 0 Å². The standard InChI is InChI=1S/C20H23N3O6S/c1-14(24)21-16-4-3-5-17(13-16)22-20(25)15-6-7-18(28-2)19(12-15)30(26,27)23-8-10-29-11-9-23/h3-7,12-13H,8-11H2,1-2H3,(H,21,24)(H,22,25). The molecule has 0 spiro atoms. The fraction of sp³-hybridized carbons (Fsp3) is 0.300. The van der Waals surface area contributed by atoms with Crippen molar-refractivity contribution in [1.29, 1.82) is 0 Å². The van der Waals surface area contributed by atoms with Gasteiger partial charge in [0, 0.05) is 37.0 Å². The van der Waals surface area contributed by atoms with Crippen molar-refractivity contribution in [3.05, 3.63) is 48.0 Å². The van der Waals surface area contributed by atoms with E-state index in [4.69, 9.17) is 9.47 Å². The Hall–Kier alpha value is -2.95. The summed E-state index contributed by atoms with van der Waals surface area (Å²) in [6, 6.07) is 10.9. The summed E-state index contributed by atoms with van der Waals surface area (Å²) < 4.78 is 37.9. The number of morpholine rings is 1. The molecule has 2 amide bonds. The van der Waals surface area contributed by atoms with Gasteiger partial charge in [0.1, 0.15) is 10.6 Å². The number of nitrogens with one attached hydrogen (secondary N) is 2. The third-order valence-corrected chi connectivity index (χ3v) is 6.37. The molecule has 3 rings (SSSR count). The van der Waals surface area contributed by atoms with Crippen molar-refractivity contribution in [3.8, 4) is 5.75 Å². The topological polar surface area (TPSA) is 114 Å². The van der Waals surface area contributed by atoms with Crippen LogP contribution in [0, 0.1) is 0 Å². The lowest BCUT2D eigenvalue weighted by atomic mass is 10.2. The van der Waals surface area contributed by atoms with Crippen molar-refractivity contribution in [3.63, 3.8) is 0 Å². The minimum atomic E-state index is -3.85. The molecule has 0 aromatic heterocycles. The molecule has 0 aliphatic carbocycles. The first-order valence-corrected chi connectivity index (χ1v) is 10.7. The van der Waals surface area contributed by atoms with E-state index in [1.165, 1.54) is 36.5 Å². The van der Waals surface area contributed by atoms with Gasteiger partial charge < -0.3 is 20.1 Å². The largest absolute Gasteiger partial charge is 0.495 e. The monoisotopic (exact) mass is 433 g/mol. The third-order valence-electron chi connectivity index (χ3n) is 4.45. The Morgan fingerprint density at radius 2 is 1.70 bits per heavy atom. The lowest BCUT2D eigenvalue weighted by molar-refractivity contribution is -0.114. The molecule has 9 nitrogen and oxygen atoms in total. The Morgan fingerprint density at radius 1 is 1.03 bits per heavy atom. The zero-order chi connectivity index (χ0) is 21.7. The van der Waals surface area contributed by atoms with Crippen molar-refractivity contribution < 1.29 is 27.5 Å². The predicted octanol–water partition coefficient (Wildman–Crippen LogP) is 1.93. The number of hydrogen-bond acceptors (Lipinski definition) is 6. The molecule has 0 saturated carbocycles. The Balaban J connectivity index is 1.87. The predicted molar refractivity (Wildman–Crippen MR) is 111 cm³/mol. The highest BCUT2D eigenvalue weighted by atomic mass is 32.2. The van der Waals surface area contributed by atoms with Crippen molar-refractivity contribution in [2.45, 2.75) is 11.8 Å². The summed E-state index contributed by atoms with van der Waals surface area (Å²) in [5, 5.41) is 5.34. The van der Waals surface area contributed by atoms with Gasteiger partial charge in [0.15, 0.2) is 0 Å². The zero-order valence-corrected chi connectivity index (χ0v) is 17.5. The number of benzene rings is 2. The van der Waals surface area contributed by atoms with Crippen LogP contribution in [0.5, 0.6) is 5.75 Å². The summed E-state index contributed by atoms with van der Waals surface area (Å²) in [5.74, 6) is -0.562. The van der Waals surface area contributed by atoms with E-state index in [0.717, 1.165) is 0 Å². The van der Waals surface area contributed by atoms with Crippen LogP contribution in [0.15, 0.2) is 47.4 Å². The van der Waals surface area contributed by atoms with E-state index in [2.05, 4.69) is 10.6 Å². The normalized spacial score (nSPS) is 14.7. The number of carbonyl (C=O) groups excluding carboxylic acids is 2. The second kappa shape index (κ2) is 9.24. The highest BCUT2D eigenvalue weighted by Crippen LogP contribution is 2.29. The lowest BCUT2D eigenvalue weighted by Gasteiger charge is -2.26. The number of sulfonamides is 1. The summed E-state index contributed by atoms with van der Waals surface area (Å²) in [4.78, 5) is 23.9. The Kier molecular flexibility index (Phi) is 6.70. The molecule has 1 fully saturated rings. The van der Waals surface area contributed by atoms with E-state index in [1.54, 1.807) is 24.3 Å². The van der Waals surface area contributed by atoms with Crippen LogP contribution in [-0.2, 0) is 19.6 Å². The fourth-order valence-electron chi connectivity index (χ4n) is 3.03. The maximum absolute atomic E-state index is 13.1. The minimum absolute atomic E-state index is 0.0773. The molecule has 2 aromatic carbocycles. The van der Waals surface area contributed by atoms with Crippen LogP contribution in [-0.4, -0.2) is 58.0 Å². The number of carbonyl (C=O) groups is 2. The van der Waals surface area contributed by atoms with Gasteiger partial charge in [-0.25, -0.2) is 8.42 Å². The van der Waals surface area contributed by atoms with E-state index < -0.39 is 15.9 Å². The molecule has 1 aliphatic rings. The summed E-state index contributed by atoms with van der Waals surface area (Å²) >= 11 is 0. The number of hydrogen-bond donors (Lipinski definition) is 2. The van der Waals surface area contributed by atoms with Crippen LogP contribution >= 0.6 is 0 Å². The number of anilines is 2. The van der Waals surface area contributed by atoms with Crippen molar-refractivity contribution in [1.82, 2.24) is 4.31 Å². The van der Waals surface area contributed by atoms with E-state index in [1.807, 2.05) is 0 Å². The van der Waals surface area contributed by atoms with E-state index in [-0.39, 0.29) is 35.2 Å². The molecule has 0 radical (unpaired) electrons. The SMILES string of the molecule is COc1ccc(C(=O)Nc2cccc(NC(C)=O)c2)cc1S(=O)(=O)N1CCOCC1. The van der Waals surface area contributed by atoms with E-state index in [9.17, 15) is 18.0 Å². The molecule has 1 aliphatic heterocycles. The first kappa shape index (κ1) is 21.8. The van der Waals surface area contributed by atoms with Crippen molar-refractivity contribution in [2.24, 2.45) is 0 Å². The van der Waals surface area contributed by atoms with Crippen LogP contribution in [0.3, 0.4) is 0 Å². The third kappa shape index (κ3) is 4.96. The molecule has 0 bridgehead atoms. The molecule has 160 valence electrons. The Labute approximate surface area is 175 Å². The van der Waals surface area contributed by atoms with Gasteiger partial charge in [-0.2, -0.15) is 4.31 Å². The van der Waals surface area contributed by atoms with Gasteiger partial charge in [-0.1, -0.05) is 6.07 Å². The van der Waals surface area contributed by atoms with E-state index >= 15 is 0 Å². The molecule has 0 unspecified atom stereocenters. The minimum Gasteiger partial charge on any atom is -0.495 e. The summed E-state index contributed by atoms with van der Waals surface area (Å²) in [7, 11) is -2.48. The molecular weight excluding hydrogens is 410 g/mol. The molecule has 2 aromatic rings. The van der Waals surface area contributed by atoms with Gasteiger partial charge in [0.2, 0.25) is 15.9 Å². The second-order valence-electron chi connectivity index (χ2n) is 6.60. The number of methoxy groups -OCH3 is 1. The van der Waals surface area contributed by atoms with Gasteiger partial charge in [0.05, 0.1) is 20.3 Å². The smallest absolute Gasteiger partial charge is 0.255 e. The molecular formula is C20H23N3O6S. The Bertz CT molecular complexity index is 1050. The average molecular weight is 433 g/mol. The summed E-state index contributed by atoms with van der Waals surface area (Å²) in [5.41, 5.74) is 1.15. The number of nitrogens with zero attached hydrogens (tertiary/aromatic N) is 1. The summed E-state index contributed by atoms with van der Waals surface area (Å²) in [6.07, 6.45) is 0.